The molecule has 0 aromatic heterocycles. The molecule has 0 fully saturated rings. The molecule has 3 nitrogen and oxygen atoms in total. The number of rotatable bonds is 6. The number of aliphatic hydroxyl groups excluding tert-OH is 1. The lowest BCUT2D eigenvalue weighted by Crippen LogP contribution is -2.24. The van der Waals surface area contributed by atoms with E-state index in [9.17, 15) is 9.18 Å². The smallest absolute Gasteiger partial charge is 0.150 e. The number of anilines is 1. The lowest BCUT2D eigenvalue weighted by molar-refractivity contribution is 0.112. The minimum absolute atomic E-state index is 0.104. The van der Waals surface area contributed by atoms with E-state index in [4.69, 9.17) is 5.11 Å². The van der Waals surface area contributed by atoms with Crippen LogP contribution >= 0.6 is 0 Å². The minimum Gasteiger partial charge on any atom is -0.396 e. The van der Waals surface area contributed by atoms with Gasteiger partial charge in [0.1, 0.15) is 12.1 Å². The Hall–Kier alpha value is -1.42. The molecule has 0 unspecified atom stereocenters. The van der Waals surface area contributed by atoms with Gasteiger partial charge in [-0.3, -0.25) is 4.79 Å². The van der Waals surface area contributed by atoms with Crippen molar-refractivity contribution < 1.29 is 14.3 Å². The van der Waals surface area contributed by atoms with Gasteiger partial charge in [-0.1, -0.05) is 0 Å². The van der Waals surface area contributed by atoms with Gasteiger partial charge in [0.25, 0.3) is 0 Å². The SMILES string of the molecule is CCN(CCCO)c1cc(F)cc(C=O)c1. The van der Waals surface area contributed by atoms with Gasteiger partial charge in [-0.2, -0.15) is 0 Å². The zero-order valence-electron chi connectivity index (χ0n) is 9.32. The molecule has 0 saturated heterocycles. The molecule has 0 aliphatic carbocycles. The molecule has 0 heterocycles. The van der Waals surface area contributed by atoms with E-state index in [0.29, 0.717) is 37.0 Å². The first-order chi connectivity index (χ1) is 7.71. The summed E-state index contributed by atoms with van der Waals surface area (Å²) in [5, 5.41) is 8.76. The van der Waals surface area contributed by atoms with Crippen molar-refractivity contribution in [2.45, 2.75) is 13.3 Å². The molecule has 4 heteroatoms. The first-order valence-electron chi connectivity index (χ1n) is 5.32. The van der Waals surface area contributed by atoms with Crippen molar-refractivity contribution in [3.05, 3.63) is 29.6 Å². The van der Waals surface area contributed by atoms with Crippen molar-refractivity contribution in [2.24, 2.45) is 0 Å². The standard InChI is InChI=1S/C12H16FNO2/c1-2-14(4-3-5-15)12-7-10(9-16)6-11(13)8-12/h6-9,15H,2-5H2,1H3. The molecule has 16 heavy (non-hydrogen) atoms. The molecule has 0 bridgehead atoms. The van der Waals surface area contributed by atoms with Gasteiger partial charge in [0.05, 0.1) is 0 Å². The predicted octanol–water partition coefficient (Wildman–Crippen LogP) is 1.85. The van der Waals surface area contributed by atoms with Gasteiger partial charge in [-0.05, 0) is 31.5 Å². The van der Waals surface area contributed by atoms with Gasteiger partial charge >= 0.3 is 0 Å². The van der Waals surface area contributed by atoms with Crippen molar-refractivity contribution in [1.82, 2.24) is 0 Å². The van der Waals surface area contributed by atoms with E-state index in [0.717, 1.165) is 0 Å². The lowest BCUT2D eigenvalue weighted by Gasteiger charge is -2.23. The number of hydrogen-bond donors (Lipinski definition) is 1. The largest absolute Gasteiger partial charge is 0.396 e. The third kappa shape index (κ3) is 3.31. The Labute approximate surface area is 94.5 Å². The van der Waals surface area contributed by atoms with Gasteiger partial charge in [0, 0.05) is 30.9 Å². The van der Waals surface area contributed by atoms with Crippen LogP contribution in [0.4, 0.5) is 10.1 Å². The molecular weight excluding hydrogens is 209 g/mol. The topological polar surface area (TPSA) is 40.5 Å². The molecule has 0 aliphatic rings. The molecule has 0 aliphatic heterocycles. The molecule has 0 saturated carbocycles. The van der Waals surface area contributed by atoms with Crippen LogP contribution in [0.25, 0.3) is 0 Å². The van der Waals surface area contributed by atoms with Crippen molar-refractivity contribution >= 4 is 12.0 Å². The Morgan fingerprint density at radius 3 is 2.75 bits per heavy atom. The number of benzene rings is 1. The van der Waals surface area contributed by atoms with Gasteiger partial charge in [-0.25, -0.2) is 4.39 Å². The van der Waals surface area contributed by atoms with Crippen LogP contribution in [0.5, 0.6) is 0 Å². The maximum atomic E-state index is 13.2. The molecule has 0 spiro atoms. The zero-order chi connectivity index (χ0) is 12.0. The van der Waals surface area contributed by atoms with Crippen molar-refractivity contribution in [3.8, 4) is 0 Å². The summed E-state index contributed by atoms with van der Waals surface area (Å²) < 4.78 is 13.2. The fraction of sp³-hybridized carbons (Fsp3) is 0.417. The van der Waals surface area contributed by atoms with Crippen LogP contribution in [-0.2, 0) is 0 Å². The highest BCUT2D eigenvalue weighted by Crippen LogP contribution is 2.18. The average Bonchev–Trinajstić information content (AvgIpc) is 2.29. The fourth-order valence-corrected chi connectivity index (χ4v) is 1.58. The van der Waals surface area contributed by atoms with Gasteiger partial charge < -0.3 is 10.0 Å². The van der Waals surface area contributed by atoms with Gasteiger partial charge in [-0.15, -0.1) is 0 Å². The summed E-state index contributed by atoms with van der Waals surface area (Å²) in [6, 6.07) is 4.25. The number of hydrogen-bond acceptors (Lipinski definition) is 3. The maximum Gasteiger partial charge on any atom is 0.150 e. The highest BCUT2D eigenvalue weighted by Gasteiger charge is 2.07. The van der Waals surface area contributed by atoms with Crippen LogP contribution in [-0.4, -0.2) is 31.1 Å². The Balaban J connectivity index is 2.90. The molecule has 0 amide bonds. The van der Waals surface area contributed by atoms with E-state index in [1.165, 1.54) is 12.1 Å². The monoisotopic (exact) mass is 225 g/mol. The third-order valence-electron chi connectivity index (χ3n) is 2.37. The second-order valence-corrected chi connectivity index (χ2v) is 3.52. The molecule has 0 radical (unpaired) electrons. The fourth-order valence-electron chi connectivity index (χ4n) is 1.58. The molecule has 88 valence electrons. The van der Waals surface area contributed by atoms with Crippen molar-refractivity contribution in [3.63, 3.8) is 0 Å². The maximum absolute atomic E-state index is 13.2. The van der Waals surface area contributed by atoms with E-state index in [1.54, 1.807) is 6.07 Å². The van der Waals surface area contributed by atoms with E-state index in [1.807, 2.05) is 11.8 Å². The highest BCUT2D eigenvalue weighted by molar-refractivity contribution is 5.77. The number of nitrogens with zero attached hydrogens (tertiary/aromatic N) is 1. The average molecular weight is 225 g/mol. The molecule has 1 aromatic rings. The molecule has 0 atom stereocenters. The number of carbonyl (C=O) groups excluding carboxylic acids is 1. The first kappa shape index (κ1) is 12.6. The number of halogens is 1. The summed E-state index contributed by atoms with van der Waals surface area (Å²) in [5.41, 5.74) is 1.01. The van der Waals surface area contributed by atoms with E-state index in [2.05, 4.69) is 0 Å². The van der Waals surface area contributed by atoms with Crippen LogP contribution in [0.3, 0.4) is 0 Å². The predicted molar refractivity (Wildman–Crippen MR) is 61.4 cm³/mol. The zero-order valence-corrected chi connectivity index (χ0v) is 9.32. The normalized spacial score (nSPS) is 10.2. The quantitative estimate of drug-likeness (QED) is 0.751. The summed E-state index contributed by atoms with van der Waals surface area (Å²) in [5.74, 6) is -0.415. The second kappa shape index (κ2) is 6.23. The highest BCUT2D eigenvalue weighted by atomic mass is 19.1. The summed E-state index contributed by atoms with van der Waals surface area (Å²) in [6.45, 7) is 3.41. The number of carbonyl (C=O) groups is 1. The Morgan fingerprint density at radius 1 is 1.44 bits per heavy atom. The van der Waals surface area contributed by atoms with Gasteiger partial charge in [0.2, 0.25) is 0 Å². The van der Waals surface area contributed by atoms with E-state index < -0.39 is 5.82 Å². The Kier molecular flexibility index (Phi) is 4.92. The molecule has 1 N–H and O–H groups in total. The minimum atomic E-state index is -0.415. The van der Waals surface area contributed by atoms with Crippen LogP contribution in [0, 0.1) is 5.82 Å². The van der Waals surface area contributed by atoms with Crippen LogP contribution in [0.15, 0.2) is 18.2 Å². The summed E-state index contributed by atoms with van der Waals surface area (Å²) in [7, 11) is 0. The third-order valence-corrected chi connectivity index (χ3v) is 2.37. The number of aldehydes is 1. The summed E-state index contributed by atoms with van der Waals surface area (Å²) in [6.07, 6.45) is 1.26. The summed E-state index contributed by atoms with van der Waals surface area (Å²) >= 11 is 0. The van der Waals surface area contributed by atoms with Crippen LogP contribution in [0.2, 0.25) is 0 Å². The Bertz CT molecular complexity index is 355. The van der Waals surface area contributed by atoms with Gasteiger partial charge in [0.15, 0.2) is 0 Å². The van der Waals surface area contributed by atoms with E-state index in [-0.39, 0.29) is 6.61 Å². The molecule has 1 aromatic carbocycles. The molecular formula is C12H16FNO2. The number of aliphatic hydroxyl groups is 1. The van der Waals surface area contributed by atoms with Crippen molar-refractivity contribution in [1.29, 1.82) is 0 Å². The molecule has 1 rings (SSSR count). The summed E-state index contributed by atoms with van der Waals surface area (Å²) in [4.78, 5) is 12.5. The second-order valence-electron chi connectivity index (χ2n) is 3.52. The lowest BCUT2D eigenvalue weighted by atomic mass is 10.2. The Morgan fingerprint density at radius 2 is 2.19 bits per heavy atom. The first-order valence-corrected chi connectivity index (χ1v) is 5.32. The van der Waals surface area contributed by atoms with Crippen molar-refractivity contribution in [2.75, 3.05) is 24.6 Å². The van der Waals surface area contributed by atoms with Crippen LogP contribution < -0.4 is 4.90 Å². The van der Waals surface area contributed by atoms with E-state index >= 15 is 0 Å². The van der Waals surface area contributed by atoms with Crippen LogP contribution in [0.1, 0.15) is 23.7 Å².